The summed E-state index contributed by atoms with van der Waals surface area (Å²) in [6.45, 7) is 5.97. The third-order valence-electron chi connectivity index (χ3n) is 5.81. The maximum Gasteiger partial charge on any atom is 0.254 e. The Morgan fingerprint density at radius 2 is 1.79 bits per heavy atom. The second-order valence-corrected chi connectivity index (χ2v) is 9.37. The summed E-state index contributed by atoms with van der Waals surface area (Å²) in [5, 5.41) is 2.05. The zero-order valence-corrected chi connectivity index (χ0v) is 20.5. The van der Waals surface area contributed by atoms with Gasteiger partial charge in [-0.1, -0.05) is 62.4 Å². The molecule has 0 spiro atoms. The molecule has 0 saturated carbocycles. The number of carbonyl (C=O) groups is 1. The molecule has 0 aliphatic carbocycles. The van der Waals surface area contributed by atoms with E-state index in [4.69, 9.17) is 10.7 Å². The Kier molecular flexibility index (Phi) is 7.87. The molecule has 1 amide bonds. The van der Waals surface area contributed by atoms with Crippen LogP contribution in [-0.4, -0.2) is 38.4 Å². The number of hydrogen-bond donors (Lipinski definition) is 1. The van der Waals surface area contributed by atoms with Crippen LogP contribution in [0.3, 0.4) is 0 Å². The molecule has 6 nitrogen and oxygen atoms in total. The molecule has 2 heterocycles. The summed E-state index contributed by atoms with van der Waals surface area (Å²) in [6.07, 6.45) is 2.80. The first-order valence-electron chi connectivity index (χ1n) is 11.6. The number of amides is 1. The van der Waals surface area contributed by atoms with Crippen molar-refractivity contribution in [1.29, 1.82) is 0 Å². The van der Waals surface area contributed by atoms with Gasteiger partial charge in [-0.05, 0) is 31.0 Å². The quantitative estimate of drug-likeness (QED) is 0.342. The molecule has 0 saturated heterocycles. The Balaban J connectivity index is 1.80. The lowest BCUT2D eigenvalue weighted by Gasteiger charge is -2.34. The van der Waals surface area contributed by atoms with E-state index in [9.17, 15) is 4.79 Å². The van der Waals surface area contributed by atoms with Crippen LogP contribution in [0.25, 0.3) is 11.3 Å². The molecule has 2 aromatic heterocycles. The van der Waals surface area contributed by atoms with Gasteiger partial charge in [-0.3, -0.25) is 4.79 Å². The SMILES string of the molecule is CC(C)[C@H](c1nc(-c2ccccc2)cn1Cc1cscn1)N(CCCN)C(=O)c1ccccc1. The third-order valence-corrected chi connectivity index (χ3v) is 6.44. The van der Waals surface area contributed by atoms with Gasteiger partial charge in [0.15, 0.2) is 0 Å². The fraction of sp³-hybridized carbons (Fsp3) is 0.296. The second kappa shape index (κ2) is 11.2. The number of hydrogen-bond acceptors (Lipinski definition) is 5. The van der Waals surface area contributed by atoms with E-state index in [0.29, 0.717) is 25.2 Å². The molecular formula is C27H31N5OS. The van der Waals surface area contributed by atoms with Crippen LogP contribution in [0.4, 0.5) is 0 Å². The molecule has 0 fully saturated rings. The number of imidazole rings is 1. The summed E-state index contributed by atoms with van der Waals surface area (Å²) in [6, 6.07) is 19.4. The molecule has 2 N–H and O–H groups in total. The highest BCUT2D eigenvalue weighted by Crippen LogP contribution is 2.32. The molecule has 1 atom stereocenters. The van der Waals surface area contributed by atoms with Gasteiger partial charge in [-0.2, -0.15) is 0 Å². The summed E-state index contributed by atoms with van der Waals surface area (Å²) in [5.41, 5.74) is 11.3. The minimum absolute atomic E-state index is 0.00257. The fourth-order valence-corrected chi connectivity index (χ4v) is 4.75. The van der Waals surface area contributed by atoms with Crippen LogP contribution in [0.15, 0.2) is 77.8 Å². The summed E-state index contributed by atoms with van der Waals surface area (Å²) >= 11 is 1.58. The van der Waals surface area contributed by atoms with Crippen molar-refractivity contribution in [2.75, 3.05) is 13.1 Å². The number of nitrogens with two attached hydrogens (primary N) is 1. The van der Waals surface area contributed by atoms with E-state index in [1.807, 2.05) is 58.9 Å². The zero-order valence-electron chi connectivity index (χ0n) is 19.7. The van der Waals surface area contributed by atoms with E-state index < -0.39 is 0 Å². The lowest BCUT2D eigenvalue weighted by atomic mass is 9.99. The van der Waals surface area contributed by atoms with Crippen molar-refractivity contribution in [3.8, 4) is 11.3 Å². The molecule has 0 aliphatic heterocycles. The molecule has 34 heavy (non-hydrogen) atoms. The number of benzene rings is 2. The monoisotopic (exact) mass is 473 g/mol. The van der Waals surface area contributed by atoms with Gasteiger partial charge in [-0.15, -0.1) is 11.3 Å². The lowest BCUT2D eigenvalue weighted by molar-refractivity contribution is 0.0604. The van der Waals surface area contributed by atoms with E-state index in [1.165, 1.54) is 0 Å². The number of aromatic nitrogens is 3. The smallest absolute Gasteiger partial charge is 0.254 e. The molecule has 0 aliphatic rings. The Labute approximate surface area is 205 Å². The standard InChI is InChI=1S/C27H31N5OS/c1-20(2)25(32(15-9-14-28)27(33)22-12-7-4-8-13-22)26-30-24(21-10-5-3-6-11-21)17-31(26)16-23-18-34-19-29-23/h3-8,10-13,17-20,25H,9,14-16,28H2,1-2H3/t25-/m1/s1. The molecule has 0 bridgehead atoms. The van der Waals surface area contributed by atoms with Crippen molar-refractivity contribution >= 4 is 17.2 Å². The van der Waals surface area contributed by atoms with Gasteiger partial charge in [0.1, 0.15) is 5.82 Å². The van der Waals surface area contributed by atoms with Gasteiger partial charge in [0.25, 0.3) is 5.91 Å². The Bertz CT molecular complexity index is 1170. The van der Waals surface area contributed by atoms with Crippen molar-refractivity contribution in [2.45, 2.75) is 32.9 Å². The van der Waals surface area contributed by atoms with Gasteiger partial charge in [-0.25, -0.2) is 9.97 Å². The number of nitrogens with zero attached hydrogens (tertiary/aromatic N) is 4. The molecule has 0 unspecified atom stereocenters. The minimum Gasteiger partial charge on any atom is -0.330 e. The highest BCUT2D eigenvalue weighted by molar-refractivity contribution is 7.07. The molecule has 176 valence electrons. The Morgan fingerprint density at radius 3 is 2.41 bits per heavy atom. The summed E-state index contributed by atoms with van der Waals surface area (Å²) < 4.78 is 2.15. The van der Waals surface area contributed by atoms with E-state index in [1.54, 1.807) is 11.3 Å². The highest BCUT2D eigenvalue weighted by Gasteiger charge is 2.32. The second-order valence-electron chi connectivity index (χ2n) is 8.65. The fourth-order valence-electron chi connectivity index (χ4n) is 4.20. The van der Waals surface area contributed by atoms with Gasteiger partial charge in [0, 0.05) is 29.2 Å². The van der Waals surface area contributed by atoms with Gasteiger partial charge in [0.05, 0.1) is 29.5 Å². The molecular weight excluding hydrogens is 442 g/mol. The van der Waals surface area contributed by atoms with Gasteiger partial charge < -0.3 is 15.2 Å². The van der Waals surface area contributed by atoms with Crippen LogP contribution in [0, 0.1) is 5.92 Å². The van der Waals surface area contributed by atoms with E-state index in [2.05, 4.69) is 47.1 Å². The third kappa shape index (κ3) is 5.43. The van der Waals surface area contributed by atoms with Crippen LogP contribution in [0.1, 0.15) is 48.2 Å². The maximum atomic E-state index is 13.7. The highest BCUT2D eigenvalue weighted by atomic mass is 32.1. The van der Waals surface area contributed by atoms with Crippen LogP contribution >= 0.6 is 11.3 Å². The van der Waals surface area contributed by atoms with Crippen molar-refractivity contribution in [2.24, 2.45) is 11.7 Å². The van der Waals surface area contributed by atoms with Crippen molar-refractivity contribution in [3.05, 3.63) is 94.8 Å². The topological polar surface area (TPSA) is 77.0 Å². The van der Waals surface area contributed by atoms with Gasteiger partial charge in [0.2, 0.25) is 0 Å². The van der Waals surface area contributed by atoms with Gasteiger partial charge >= 0.3 is 0 Å². The molecule has 2 aromatic carbocycles. The lowest BCUT2D eigenvalue weighted by Crippen LogP contribution is -2.40. The molecule has 0 radical (unpaired) electrons. The van der Waals surface area contributed by atoms with E-state index >= 15 is 0 Å². The Hall–Kier alpha value is -3.29. The molecule has 7 heteroatoms. The number of carbonyl (C=O) groups excluding carboxylic acids is 1. The molecule has 4 rings (SSSR count). The number of rotatable bonds is 10. The normalized spacial score (nSPS) is 12.1. The van der Waals surface area contributed by atoms with Crippen molar-refractivity contribution < 1.29 is 4.79 Å². The average molecular weight is 474 g/mol. The van der Waals surface area contributed by atoms with Crippen LogP contribution in [0.2, 0.25) is 0 Å². The zero-order chi connectivity index (χ0) is 23.9. The first-order chi connectivity index (χ1) is 16.6. The van der Waals surface area contributed by atoms with Crippen LogP contribution in [0.5, 0.6) is 0 Å². The maximum absolute atomic E-state index is 13.7. The predicted octanol–water partition coefficient (Wildman–Crippen LogP) is 5.24. The predicted molar refractivity (Wildman–Crippen MR) is 138 cm³/mol. The first kappa shape index (κ1) is 23.9. The van der Waals surface area contributed by atoms with Crippen LogP contribution in [-0.2, 0) is 6.54 Å². The van der Waals surface area contributed by atoms with E-state index in [0.717, 1.165) is 29.2 Å². The minimum atomic E-state index is -0.213. The molecule has 4 aromatic rings. The average Bonchev–Trinajstić information content (AvgIpc) is 3.53. The van der Waals surface area contributed by atoms with Crippen molar-refractivity contribution in [1.82, 2.24) is 19.4 Å². The van der Waals surface area contributed by atoms with E-state index in [-0.39, 0.29) is 17.9 Å². The van der Waals surface area contributed by atoms with Crippen LogP contribution < -0.4 is 5.73 Å². The largest absolute Gasteiger partial charge is 0.330 e. The summed E-state index contributed by atoms with van der Waals surface area (Å²) in [5.74, 6) is 1.01. The summed E-state index contributed by atoms with van der Waals surface area (Å²) in [7, 11) is 0. The Morgan fingerprint density at radius 1 is 1.09 bits per heavy atom. The van der Waals surface area contributed by atoms with Crippen molar-refractivity contribution in [3.63, 3.8) is 0 Å². The summed E-state index contributed by atoms with van der Waals surface area (Å²) in [4.78, 5) is 25.2. The number of thiazole rings is 1. The first-order valence-corrected chi connectivity index (χ1v) is 12.6.